The summed E-state index contributed by atoms with van der Waals surface area (Å²) in [6, 6.07) is 0. The van der Waals surface area contributed by atoms with Crippen LogP contribution >= 0.6 is 12.4 Å². The van der Waals surface area contributed by atoms with Crippen LogP contribution in [0.15, 0.2) is 6.20 Å². The third kappa shape index (κ3) is 4.47. The van der Waals surface area contributed by atoms with Gasteiger partial charge in [0.1, 0.15) is 0 Å². The van der Waals surface area contributed by atoms with Crippen molar-refractivity contribution in [1.29, 1.82) is 0 Å². The van der Waals surface area contributed by atoms with Crippen LogP contribution in [0.4, 0.5) is 4.39 Å². The summed E-state index contributed by atoms with van der Waals surface area (Å²) in [5.41, 5.74) is 0.635. The summed E-state index contributed by atoms with van der Waals surface area (Å²) in [5, 5.41) is 7.12. The normalized spacial score (nSPS) is 10.6. The third-order valence-electron chi connectivity index (χ3n) is 2.20. The maximum atomic E-state index is 13.5. The van der Waals surface area contributed by atoms with E-state index in [1.54, 1.807) is 6.20 Å². The Balaban J connectivity index is 0.00000225. The van der Waals surface area contributed by atoms with Crippen LogP contribution in [0.1, 0.15) is 12.5 Å². The molecule has 16 heavy (non-hydrogen) atoms. The number of hydrogen-bond donors (Lipinski definition) is 1. The van der Waals surface area contributed by atoms with Crippen molar-refractivity contribution >= 4 is 12.4 Å². The molecule has 1 aromatic rings. The number of aromatic nitrogens is 2. The van der Waals surface area contributed by atoms with Crippen molar-refractivity contribution < 1.29 is 4.39 Å². The third-order valence-corrected chi connectivity index (χ3v) is 2.20. The van der Waals surface area contributed by atoms with Crippen LogP contribution in [0.2, 0.25) is 0 Å². The largest absolute Gasteiger partial charge is 0.311 e. The van der Waals surface area contributed by atoms with Gasteiger partial charge in [-0.3, -0.25) is 0 Å². The van der Waals surface area contributed by atoms with Crippen molar-refractivity contribution in [3.8, 4) is 0 Å². The van der Waals surface area contributed by atoms with Crippen molar-refractivity contribution in [3.63, 3.8) is 0 Å². The maximum absolute atomic E-state index is 13.5. The van der Waals surface area contributed by atoms with Gasteiger partial charge in [-0.15, -0.1) is 12.4 Å². The van der Waals surface area contributed by atoms with E-state index in [-0.39, 0.29) is 18.4 Å². The first-order valence-electron chi connectivity index (χ1n) is 5.20. The second-order valence-electron chi connectivity index (χ2n) is 3.76. The molecule has 0 aliphatic heterocycles. The Bertz CT molecular complexity index is 301. The molecule has 0 fully saturated rings. The van der Waals surface area contributed by atoms with Crippen LogP contribution < -0.4 is 5.32 Å². The summed E-state index contributed by atoms with van der Waals surface area (Å²) in [4.78, 5) is 2.08. The molecule has 0 saturated carbocycles. The predicted molar refractivity (Wildman–Crippen MR) is 65.4 cm³/mol. The van der Waals surface area contributed by atoms with E-state index in [1.807, 2.05) is 21.0 Å². The van der Waals surface area contributed by atoms with E-state index in [9.17, 15) is 4.39 Å². The molecule has 0 saturated heterocycles. The topological polar surface area (TPSA) is 33.1 Å². The zero-order chi connectivity index (χ0) is 11.3. The molecule has 0 bridgehead atoms. The average molecular weight is 251 g/mol. The van der Waals surface area contributed by atoms with Crippen molar-refractivity contribution in [2.45, 2.75) is 20.0 Å². The van der Waals surface area contributed by atoms with E-state index in [1.165, 1.54) is 4.68 Å². The molecule has 6 heteroatoms. The second kappa shape index (κ2) is 7.60. The lowest BCUT2D eigenvalue weighted by molar-refractivity contribution is 0.397. The molecule has 0 spiro atoms. The van der Waals surface area contributed by atoms with Gasteiger partial charge in [0.25, 0.3) is 0 Å². The first kappa shape index (κ1) is 15.3. The van der Waals surface area contributed by atoms with Crippen molar-refractivity contribution in [3.05, 3.63) is 17.7 Å². The first-order chi connectivity index (χ1) is 7.15. The highest BCUT2D eigenvalue weighted by Gasteiger charge is 2.07. The van der Waals surface area contributed by atoms with E-state index in [0.29, 0.717) is 18.7 Å². The van der Waals surface area contributed by atoms with Crippen molar-refractivity contribution in [2.75, 3.05) is 27.2 Å². The molecule has 1 aromatic heterocycles. The Morgan fingerprint density at radius 1 is 1.50 bits per heavy atom. The maximum Gasteiger partial charge on any atom is 0.215 e. The minimum Gasteiger partial charge on any atom is -0.311 e. The van der Waals surface area contributed by atoms with E-state index in [2.05, 4.69) is 15.3 Å². The minimum absolute atomic E-state index is 0. The van der Waals surface area contributed by atoms with Gasteiger partial charge in [0.2, 0.25) is 5.95 Å². The fourth-order valence-electron chi connectivity index (χ4n) is 1.27. The quantitative estimate of drug-likeness (QED) is 0.768. The van der Waals surface area contributed by atoms with E-state index in [0.717, 1.165) is 13.1 Å². The molecule has 0 radical (unpaired) electrons. The zero-order valence-electron chi connectivity index (χ0n) is 10.0. The average Bonchev–Trinajstić information content (AvgIpc) is 2.54. The molecule has 0 aliphatic carbocycles. The zero-order valence-corrected chi connectivity index (χ0v) is 10.9. The van der Waals surface area contributed by atoms with Gasteiger partial charge in [-0.2, -0.15) is 9.49 Å². The second-order valence-corrected chi connectivity index (χ2v) is 3.76. The monoisotopic (exact) mass is 250 g/mol. The van der Waals surface area contributed by atoms with Gasteiger partial charge in [0.15, 0.2) is 0 Å². The summed E-state index contributed by atoms with van der Waals surface area (Å²) in [5.74, 6) is -0.227. The van der Waals surface area contributed by atoms with Gasteiger partial charge < -0.3 is 10.2 Å². The number of nitrogens with zero attached hydrogens (tertiary/aromatic N) is 3. The Kier molecular flexibility index (Phi) is 7.29. The fraction of sp³-hybridized carbons (Fsp3) is 0.700. The summed E-state index contributed by atoms with van der Waals surface area (Å²) < 4.78 is 14.8. The molecule has 94 valence electrons. The van der Waals surface area contributed by atoms with Crippen LogP contribution in [0.5, 0.6) is 0 Å². The number of rotatable bonds is 6. The molecule has 0 amide bonds. The number of aryl methyl sites for hydroxylation is 1. The lowest BCUT2D eigenvalue weighted by atomic mass is 10.3. The standard InChI is InChI=1S/C10H19FN4.ClH/c1-4-15-10(11)9(8-13-15)7-12-5-6-14(2)3;/h8,12H,4-7H2,1-3H3;1H. The first-order valence-corrected chi connectivity index (χ1v) is 5.20. The highest BCUT2D eigenvalue weighted by molar-refractivity contribution is 5.85. The number of nitrogens with one attached hydrogen (secondary N) is 1. The van der Waals surface area contributed by atoms with Gasteiger partial charge in [-0.25, -0.2) is 4.68 Å². The van der Waals surface area contributed by atoms with Crippen molar-refractivity contribution in [2.24, 2.45) is 0 Å². The van der Waals surface area contributed by atoms with Crippen LogP contribution in [-0.4, -0.2) is 41.9 Å². The fourth-order valence-corrected chi connectivity index (χ4v) is 1.27. The lowest BCUT2D eigenvalue weighted by Gasteiger charge is -2.09. The Labute approximate surface area is 102 Å². The highest BCUT2D eigenvalue weighted by Crippen LogP contribution is 2.05. The van der Waals surface area contributed by atoms with Gasteiger partial charge in [-0.05, 0) is 21.0 Å². The van der Waals surface area contributed by atoms with Crippen LogP contribution in [0.3, 0.4) is 0 Å². The molecule has 1 heterocycles. The van der Waals surface area contributed by atoms with Crippen LogP contribution in [0.25, 0.3) is 0 Å². The summed E-state index contributed by atoms with van der Waals surface area (Å²) in [6.45, 7) is 4.79. The molecule has 0 unspecified atom stereocenters. The minimum atomic E-state index is -0.227. The summed E-state index contributed by atoms with van der Waals surface area (Å²) in [7, 11) is 4.02. The van der Waals surface area contributed by atoms with Crippen LogP contribution in [-0.2, 0) is 13.1 Å². The molecule has 1 N–H and O–H groups in total. The lowest BCUT2D eigenvalue weighted by Crippen LogP contribution is -2.26. The highest BCUT2D eigenvalue weighted by atomic mass is 35.5. The SMILES string of the molecule is CCn1ncc(CNCCN(C)C)c1F.Cl. The Morgan fingerprint density at radius 3 is 2.69 bits per heavy atom. The molecule has 0 atom stereocenters. The summed E-state index contributed by atoms with van der Waals surface area (Å²) in [6.07, 6.45) is 1.58. The van der Waals surface area contributed by atoms with Crippen LogP contribution in [0, 0.1) is 5.95 Å². The predicted octanol–water partition coefficient (Wildman–Crippen LogP) is 1.12. The van der Waals surface area contributed by atoms with E-state index >= 15 is 0 Å². The smallest absolute Gasteiger partial charge is 0.215 e. The van der Waals surface area contributed by atoms with Gasteiger partial charge in [0, 0.05) is 31.7 Å². The number of halogens is 2. The molecule has 1 rings (SSSR count). The molecule has 4 nitrogen and oxygen atoms in total. The van der Waals surface area contributed by atoms with Crippen molar-refractivity contribution in [1.82, 2.24) is 20.0 Å². The Hall–Kier alpha value is -0.650. The van der Waals surface area contributed by atoms with Gasteiger partial charge >= 0.3 is 0 Å². The molecular weight excluding hydrogens is 231 g/mol. The van der Waals surface area contributed by atoms with E-state index < -0.39 is 0 Å². The van der Waals surface area contributed by atoms with Gasteiger partial charge in [0.05, 0.1) is 6.20 Å². The molecular formula is C10H20ClFN4. The van der Waals surface area contributed by atoms with Gasteiger partial charge in [-0.1, -0.05) is 0 Å². The number of hydrogen-bond acceptors (Lipinski definition) is 3. The van der Waals surface area contributed by atoms with E-state index in [4.69, 9.17) is 0 Å². The molecule has 0 aliphatic rings. The summed E-state index contributed by atoms with van der Waals surface area (Å²) >= 11 is 0. The number of likely N-dealkylation sites (N-methyl/N-ethyl adjacent to an activating group) is 1. The Morgan fingerprint density at radius 2 is 2.19 bits per heavy atom. The molecule has 0 aromatic carbocycles.